The van der Waals surface area contributed by atoms with Gasteiger partial charge in [0, 0.05) is 13.0 Å². The fraction of sp³-hybridized carbons (Fsp3) is 0.636. The number of nitrogens with one attached hydrogen (secondary N) is 2. The highest BCUT2D eigenvalue weighted by Crippen LogP contribution is 2.01. The van der Waals surface area contributed by atoms with Crippen LogP contribution in [0.1, 0.15) is 26.7 Å². The van der Waals surface area contributed by atoms with E-state index in [1.165, 1.54) is 0 Å². The summed E-state index contributed by atoms with van der Waals surface area (Å²) in [5, 5.41) is 13.8. The molecule has 0 aromatic carbocycles. The number of carbonyl (C=O) groups is 2. The van der Waals surface area contributed by atoms with E-state index in [9.17, 15) is 9.59 Å². The van der Waals surface area contributed by atoms with E-state index in [1.807, 2.05) is 0 Å². The zero-order chi connectivity index (χ0) is 12.6. The molecule has 0 saturated carbocycles. The number of carboxylic acids is 1. The molecule has 1 atom stereocenters. The van der Waals surface area contributed by atoms with Gasteiger partial charge in [-0.1, -0.05) is 13.8 Å². The Labute approximate surface area is 95.6 Å². The van der Waals surface area contributed by atoms with Crippen LogP contribution in [0.15, 0.2) is 0 Å². The van der Waals surface area contributed by atoms with Gasteiger partial charge in [0.05, 0.1) is 0 Å². The van der Waals surface area contributed by atoms with Crippen LogP contribution in [0.3, 0.4) is 0 Å². The lowest BCUT2D eigenvalue weighted by Crippen LogP contribution is -2.48. The van der Waals surface area contributed by atoms with Gasteiger partial charge in [-0.15, -0.1) is 12.3 Å². The van der Waals surface area contributed by atoms with Crippen molar-refractivity contribution >= 4 is 12.0 Å². The third-order valence-electron chi connectivity index (χ3n) is 2.00. The van der Waals surface area contributed by atoms with E-state index in [2.05, 4.69) is 16.6 Å². The summed E-state index contributed by atoms with van der Waals surface area (Å²) in [6, 6.07) is -1.34. The summed E-state index contributed by atoms with van der Waals surface area (Å²) in [4.78, 5) is 22.1. The smallest absolute Gasteiger partial charge is 0.326 e. The average molecular weight is 226 g/mol. The molecular formula is C11H18N2O3. The van der Waals surface area contributed by atoms with E-state index in [0.29, 0.717) is 19.4 Å². The molecule has 0 radical (unpaired) electrons. The first-order chi connectivity index (χ1) is 7.49. The molecule has 0 spiro atoms. The van der Waals surface area contributed by atoms with Crippen molar-refractivity contribution in [2.24, 2.45) is 5.92 Å². The van der Waals surface area contributed by atoms with Gasteiger partial charge in [0.15, 0.2) is 0 Å². The van der Waals surface area contributed by atoms with E-state index < -0.39 is 18.0 Å². The predicted octanol–water partition coefficient (Wildman–Crippen LogP) is 0.808. The Morgan fingerprint density at radius 3 is 2.50 bits per heavy atom. The van der Waals surface area contributed by atoms with Crippen LogP contribution in [0.5, 0.6) is 0 Å². The van der Waals surface area contributed by atoms with Gasteiger partial charge in [-0.3, -0.25) is 0 Å². The molecule has 16 heavy (non-hydrogen) atoms. The second-order valence-corrected chi connectivity index (χ2v) is 3.77. The van der Waals surface area contributed by atoms with Crippen LogP contribution < -0.4 is 10.6 Å². The number of rotatable bonds is 6. The molecule has 0 heterocycles. The molecule has 0 unspecified atom stereocenters. The summed E-state index contributed by atoms with van der Waals surface area (Å²) in [6.07, 6.45) is 6.32. The molecule has 0 aliphatic heterocycles. The summed E-state index contributed by atoms with van der Waals surface area (Å²) >= 11 is 0. The Bertz CT molecular complexity index is 281. The maximum atomic E-state index is 11.3. The van der Waals surface area contributed by atoms with Crippen molar-refractivity contribution in [2.45, 2.75) is 32.7 Å². The maximum absolute atomic E-state index is 11.3. The minimum Gasteiger partial charge on any atom is -0.480 e. The molecular weight excluding hydrogens is 208 g/mol. The number of hydrogen-bond donors (Lipinski definition) is 3. The molecule has 2 amide bonds. The van der Waals surface area contributed by atoms with Crippen molar-refractivity contribution in [3.63, 3.8) is 0 Å². The van der Waals surface area contributed by atoms with Gasteiger partial charge in [0.1, 0.15) is 6.04 Å². The molecule has 5 nitrogen and oxygen atoms in total. The lowest BCUT2D eigenvalue weighted by molar-refractivity contribution is -0.140. The van der Waals surface area contributed by atoms with Crippen LogP contribution in [-0.2, 0) is 4.79 Å². The lowest BCUT2D eigenvalue weighted by Gasteiger charge is -2.18. The molecule has 0 aliphatic rings. The molecule has 0 bridgehead atoms. The molecule has 90 valence electrons. The third-order valence-corrected chi connectivity index (χ3v) is 2.00. The highest BCUT2D eigenvalue weighted by molar-refractivity contribution is 5.82. The first-order valence-electron chi connectivity index (χ1n) is 5.19. The molecule has 5 heteroatoms. The van der Waals surface area contributed by atoms with E-state index in [0.717, 1.165) is 0 Å². The topological polar surface area (TPSA) is 78.4 Å². The average Bonchev–Trinajstić information content (AvgIpc) is 2.20. The van der Waals surface area contributed by atoms with Gasteiger partial charge in [0.2, 0.25) is 0 Å². The third kappa shape index (κ3) is 5.91. The van der Waals surface area contributed by atoms with E-state index >= 15 is 0 Å². The maximum Gasteiger partial charge on any atom is 0.326 e. The number of terminal acetylenes is 1. The standard InChI is InChI=1S/C11H18N2O3/c1-4-5-6-7-12-11(16)13-9(8(2)3)10(14)15/h1,8-9H,5-7H2,2-3H3,(H,14,15)(H2,12,13,16)/t9-/m0/s1. The van der Waals surface area contributed by atoms with Crippen molar-refractivity contribution in [3.05, 3.63) is 0 Å². The summed E-state index contributed by atoms with van der Waals surface area (Å²) in [6.45, 7) is 3.91. The Balaban J connectivity index is 3.93. The fourth-order valence-corrected chi connectivity index (χ4v) is 1.10. The highest BCUT2D eigenvalue weighted by atomic mass is 16.4. The fourth-order valence-electron chi connectivity index (χ4n) is 1.10. The number of unbranched alkanes of at least 4 members (excludes halogenated alkanes) is 1. The molecule has 3 N–H and O–H groups in total. The summed E-state index contributed by atoms with van der Waals surface area (Å²) < 4.78 is 0. The number of urea groups is 1. The van der Waals surface area contributed by atoms with E-state index in [4.69, 9.17) is 11.5 Å². The van der Waals surface area contributed by atoms with Crippen LogP contribution in [0.4, 0.5) is 4.79 Å². The van der Waals surface area contributed by atoms with E-state index in [1.54, 1.807) is 13.8 Å². The Kier molecular flexibility index (Phi) is 6.77. The zero-order valence-electron chi connectivity index (χ0n) is 9.62. The van der Waals surface area contributed by atoms with Gasteiger partial charge in [-0.05, 0) is 12.3 Å². The van der Waals surface area contributed by atoms with Gasteiger partial charge in [0.25, 0.3) is 0 Å². The van der Waals surface area contributed by atoms with Crippen molar-refractivity contribution in [1.29, 1.82) is 0 Å². The number of amides is 2. The van der Waals surface area contributed by atoms with E-state index in [-0.39, 0.29) is 5.92 Å². The number of carboxylic acid groups (broad SMARTS) is 1. The largest absolute Gasteiger partial charge is 0.480 e. The molecule has 0 rings (SSSR count). The summed E-state index contributed by atoms with van der Waals surface area (Å²) in [5.41, 5.74) is 0. The van der Waals surface area contributed by atoms with Gasteiger partial charge in [-0.25, -0.2) is 9.59 Å². The Morgan fingerprint density at radius 1 is 1.44 bits per heavy atom. The second-order valence-electron chi connectivity index (χ2n) is 3.77. The van der Waals surface area contributed by atoms with Crippen molar-refractivity contribution in [2.75, 3.05) is 6.54 Å². The molecule has 0 aromatic heterocycles. The normalized spacial score (nSPS) is 11.6. The van der Waals surface area contributed by atoms with Crippen LogP contribution in [0, 0.1) is 18.3 Å². The number of aliphatic carboxylic acids is 1. The molecule has 0 aliphatic carbocycles. The van der Waals surface area contributed by atoms with Gasteiger partial charge in [-0.2, -0.15) is 0 Å². The predicted molar refractivity (Wildman–Crippen MR) is 60.9 cm³/mol. The Hall–Kier alpha value is -1.70. The molecule has 0 fully saturated rings. The second kappa shape index (κ2) is 7.57. The summed E-state index contributed by atoms with van der Waals surface area (Å²) in [7, 11) is 0. The van der Waals surface area contributed by atoms with Crippen LogP contribution in [-0.4, -0.2) is 29.7 Å². The number of carbonyl (C=O) groups excluding carboxylic acids is 1. The lowest BCUT2D eigenvalue weighted by atomic mass is 10.1. The summed E-state index contributed by atoms with van der Waals surface area (Å²) in [5.74, 6) is 1.26. The van der Waals surface area contributed by atoms with Crippen molar-refractivity contribution < 1.29 is 14.7 Å². The van der Waals surface area contributed by atoms with Crippen LogP contribution in [0.25, 0.3) is 0 Å². The quantitative estimate of drug-likeness (QED) is 0.463. The minimum absolute atomic E-state index is 0.158. The monoisotopic (exact) mass is 226 g/mol. The molecule has 0 aromatic rings. The van der Waals surface area contributed by atoms with Gasteiger partial charge >= 0.3 is 12.0 Å². The first-order valence-corrected chi connectivity index (χ1v) is 5.19. The van der Waals surface area contributed by atoms with Crippen molar-refractivity contribution in [3.8, 4) is 12.3 Å². The van der Waals surface area contributed by atoms with Crippen molar-refractivity contribution in [1.82, 2.24) is 10.6 Å². The zero-order valence-corrected chi connectivity index (χ0v) is 9.62. The number of hydrogen-bond acceptors (Lipinski definition) is 2. The SMILES string of the molecule is C#CCCCNC(=O)N[C@H](C(=O)O)C(C)C. The minimum atomic E-state index is -1.03. The first kappa shape index (κ1) is 14.3. The van der Waals surface area contributed by atoms with Crippen LogP contribution >= 0.6 is 0 Å². The highest BCUT2D eigenvalue weighted by Gasteiger charge is 2.22. The van der Waals surface area contributed by atoms with Crippen LogP contribution in [0.2, 0.25) is 0 Å². The molecule has 0 saturated heterocycles. The van der Waals surface area contributed by atoms with Gasteiger partial charge < -0.3 is 15.7 Å². The Morgan fingerprint density at radius 2 is 2.06 bits per heavy atom.